The first-order valence-electron chi connectivity index (χ1n) is 9.88. The number of hydrogen-bond acceptors (Lipinski definition) is 5. The van der Waals surface area contributed by atoms with Crippen LogP contribution in [0.2, 0.25) is 5.02 Å². The second-order valence-corrected chi connectivity index (χ2v) is 7.41. The van der Waals surface area contributed by atoms with Gasteiger partial charge in [-0.2, -0.15) is 13.2 Å². The Morgan fingerprint density at radius 1 is 0.971 bits per heavy atom. The molecular formula is C24H19ClF3NO5. The minimum Gasteiger partial charge on any atom is -0.478 e. The third kappa shape index (κ3) is 6.20. The number of para-hydroxylation sites is 1. The maximum absolute atomic E-state index is 12.9. The molecular weight excluding hydrogens is 475 g/mol. The van der Waals surface area contributed by atoms with E-state index in [-0.39, 0.29) is 27.8 Å². The number of amides is 1. The Morgan fingerprint density at radius 2 is 1.68 bits per heavy atom. The maximum atomic E-state index is 12.9. The van der Waals surface area contributed by atoms with Gasteiger partial charge in [0.2, 0.25) is 0 Å². The van der Waals surface area contributed by atoms with Crippen molar-refractivity contribution < 1.29 is 37.0 Å². The van der Waals surface area contributed by atoms with Gasteiger partial charge >= 0.3 is 12.1 Å². The Morgan fingerprint density at radius 3 is 2.29 bits per heavy atom. The van der Waals surface area contributed by atoms with E-state index in [0.29, 0.717) is 5.69 Å². The highest BCUT2D eigenvalue weighted by Gasteiger charge is 2.31. The molecule has 0 aromatic heterocycles. The second kappa shape index (κ2) is 10.5. The fraction of sp³-hybridized carbons (Fsp3) is 0.167. The largest absolute Gasteiger partial charge is 0.478 e. The van der Waals surface area contributed by atoms with Gasteiger partial charge < -0.3 is 19.5 Å². The zero-order chi connectivity index (χ0) is 24.9. The zero-order valence-corrected chi connectivity index (χ0v) is 18.7. The lowest BCUT2D eigenvalue weighted by Gasteiger charge is -2.17. The number of alkyl halides is 3. The summed E-state index contributed by atoms with van der Waals surface area (Å²) in [5, 5.41) is 2.45. The first kappa shape index (κ1) is 24.9. The summed E-state index contributed by atoms with van der Waals surface area (Å²) in [7, 11) is 1.19. The molecule has 34 heavy (non-hydrogen) atoms. The molecule has 0 aliphatic heterocycles. The normalized spacial score (nSPS) is 11.9. The van der Waals surface area contributed by atoms with Crippen LogP contribution in [0.25, 0.3) is 0 Å². The lowest BCUT2D eigenvalue weighted by molar-refractivity contribution is -0.148. The Balaban J connectivity index is 1.91. The van der Waals surface area contributed by atoms with E-state index in [2.05, 4.69) is 10.1 Å². The maximum Gasteiger partial charge on any atom is 0.416 e. The molecule has 10 heteroatoms. The average Bonchev–Trinajstić information content (AvgIpc) is 2.79. The summed E-state index contributed by atoms with van der Waals surface area (Å²) < 4.78 is 54.5. The molecule has 1 unspecified atom stereocenters. The number of anilines is 1. The highest BCUT2D eigenvalue weighted by molar-refractivity contribution is 6.32. The SMILES string of the molecule is COC(=O)C(C)Oc1cc(Oc2ccc(C(F)(F)F)cc2Cl)ccc1C(=O)Nc1ccccc1. The van der Waals surface area contributed by atoms with Crippen LogP contribution in [0, 0.1) is 0 Å². The lowest BCUT2D eigenvalue weighted by atomic mass is 10.1. The highest BCUT2D eigenvalue weighted by atomic mass is 35.5. The molecule has 0 heterocycles. The summed E-state index contributed by atoms with van der Waals surface area (Å²) in [4.78, 5) is 24.7. The van der Waals surface area contributed by atoms with Crippen LogP contribution >= 0.6 is 11.6 Å². The molecule has 1 N–H and O–H groups in total. The molecule has 6 nitrogen and oxygen atoms in total. The predicted octanol–water partition coefficient (Wildman–Crippen LogP) is 6.34. The number of halogens is 4. The molecule has 0 fully saturated rings. The van der Waals surface area contributed by atoms with Gasteiger partial charge in [-0.15, -0.1) is 0 Å². The van der Waals surface area contributed by atoms with E-state index >= 15 is 0 Å². The molecule has 0 aliphatic carbocycles. The van der Waals surface area contributed by atoms with Gasteiger partial charge in [-0.25, -0.2) is 4.79 Å². The van der Waals surface area contributed by atoms with E-state index in [4.69, 9.17) is 21.1 Å². The van der Waals surface area contributed by atoms with Crippen molar-refractivity contribution >= 4 is 29.2 Å². The van der Waals surface area contributed by atoms with Gasteiger partial charge in [0.25, 0.3) is 5.91 Å². The van der Waals surface area contributed by atoms with Gasteiger partial charge in [0.1, 0.15) is 17.2 Å². The number of esters is 1. The lowest BCUT2D eigenvalue weighted by Crippen LogP contribution is -2.26. The van der Waals surface area contributed by atoms with Crippen molar-refractivity contribution in [2.75, 3.05) is 12.4 Å². The van der Waals surface area contributed by atoms with E-state index in [1.54, 1.807) is 30.3 Å². The number of benzene rings is 3. The molecule has 0 aliphatic rings. The van der Waals surface area contributed by atoms with Gasteiger partial charge in [-0.3, -0.25) is 4.79 Å². The fourth-order valence-electron chi connectivity index (χ4n) is 2.86. The minimum atomic E-state index is -4.55. The van der Waals surface area contributed by atoms with Crippen LogP contribution in [-0.2, 0) is 15.7 Å². The number of carbonyl (C=O) groups is 2. The van der Waals surface area contributed by atoms with Crippen LogP contribution in [0.15, 0.2) is 66.7 Å². The number of methoxy groups -OCH3 is 1. The van der Waals surface area contributed by atoms with Crippen molar-refractivity contribution in [1.82, 2.24) is 0 Å². The van der Waals surface area contributed by atoms with Crippen molar-refractivity contribution in [2.45, 2.75) is 19.2 Å². The summed E-state index contributed by atoms with van der Waals surface area (Å²) in [5.41, 5.74) is -0.296. The number of nitrogens with one attached hydrogen (secondary N) is 1. The summed E-state index contributed by atoms with van der Waals surface area (Å²) in [6.45, 7) is 1.44. The third-order valence-electron chi connectivity index (χ3n) is 4.55. The summed E-state index contributed by atoms with van der Waals surface area (Å²) in [6, 6.07) is 15.5. The monoisotopic (exact) mass is 493 g/mol. The van der Waals surface area contributed by atoms with Gasteiger partial charge in [-0.05, 0) is 49.4 Å². The van der Waals surface area contributed by atoms with Crippen LogP contribution < -0.4 is 14.8 Å². The summed E-state index contributed by atoms with van der Waals surface area (Å²) >= 11 is 5.96. The standard InChI is InChI=1S/C24H19ClF3NO5/c1-14(23(31)32-2)33-21-13-17(34-20-11-8-15(12-19(20)25)24(26,27)28)9-10-18(21)22(30)29-16-6-4-3-5-7-16/h3-14H,1-2H3,(H,29,30). The van der Waals surface area contributed by atoms with Crippen molar-refractivity contribution in [2.24, 2.45) is 0 Å². The number of carbonyl (C=O) groups excluding carboxylic acids is 2. The fourth-order valence-corrected chi connectivity index (χ4v) is 3.08. The Labute approximate surface area is 198 Å². The van der Waals surface area contributed by atoms with Crippen molar-refractivity contribution in [3.8, 4) is 17.2 Å². The zero-order valence-electron chi connectivity index (χ0n) is 18.0. The topological polar surface area (TPSA) is 73.9 Å². The van der Waals surface area contributed by atoms with Crippen molar-refractivity contribution in [3.05, 3.63) is 82.9 Å². The van der Waals surface area contributed by atoms with E-state index in [1.165, 1.54) is 32.2 Å². The highest BCUT2D eigenvalue weighted by Crippen LogP contribution is 2.37. The third-order valence-corrected chi connectivity index (χ3v) is 4.85. The Kier molecular flexibility index (Phi) is 7.68. The van der Waals surface area contributed by atoms with Crippen molar-refractivity contribution in [1.29, 1.82) is 0 Å². The van der Waals surface area contributed by atoms with Crippen molar-refractivity contribution in [3.63, 3.8) is 0 Å². The van der Waals surface area contributed by atoms with Gasteiger partial charge in [-0.1, -0.05) is 29.8 Å². The van der Waals surface area contributed by atoms with Crippen LogP contribution in [-0.4, -0.2) is 25.1 Å². The van der Waals surface area contributed by atoms with E-state index < -0.39 is 29.7 Å². The minimum absolute atomic E-state index is 0.00753. The van der Waals surface area contributed by atoms with E-state index in [0.717, 1.165) is 18.2 Å². The quantitative estimate of drug-likeness (QED) is 0.388. The molecule has 0 bridgehead atoms. The predicted molar refractivity (Wildman–Crippen MR) is 119 cm³/mol. The first-order chi connectivity index (χ1) is 16.1. The molecule has 3 aromatic rings. The molecule has 178 valence electrons. The number of rotatable bonds is 7. The molecule has 1 atom stereocenters. The molecule has 3 aromatic carbocycles. The van der Waals surface area contributed by atoms with Gasteiger partial charge in [0.15, 0.2) is 6.10 Å². The molecule has 0 spiro atoms. The number of ether oxygens (including phenoxy) is 3. The summed E-state index contributed by atoms with van der Waals surface area (Å²) in [5.74, 6) is -1.12. The van der Waals surface area contributed by atoms with Crippen LogP contribution in [0.1, 0.15) is 22.8 Å². The molecule has 0 saturated carbocycles. The summed E-state index contributed by atoms with van der Waals surface area (Å²) in [6.07, 6.45) is -5.61. The number of hydrogen-bond donors (Lipinski definition) is 1. The first-order valence-corrected chi connectivity index (χ1v) is 10.3. The van der Waals surface area contributed by atoms with Crippen LogP contribution in [0.3, 0.4) is 0 Å². The van der Waals surface area contributed by atoms with Gasteiger partial charge in [0, 0.05) is 11.8 Å². The average molecular weight is 494 g/mol. The molecule has 0 saturated heterocycles. The smallest absolute Gasteiger partial charge is 0.416 e. The Hall–Kier alpha value is -3.72. The molecule has 3 rings (SSSR count). The second-order valence-electron chi connectivity index (χ2n) is 7.01. The van der Waals surface area contributed by atoms with Crippen LogP contribution in [0.5, 0.6) is 17.2 Å². The van der Waals surface area contributed by atoms with E-state index in [9.17, 15) is 22.8 Å². The van der Waals surface area contributed by atoms with Gasteiger partial charge in [0.05, 0.1) is 23.3 Å². The van der Waals surface area contributed by atoms with Crippen LogP contribution in [0.4, 0.5) is 18.9 Å². The van der Waals surface area contributed by atoms with E-state index in [1.807, 2.05) is 0 Å². The molecule has 0 radical (unpaired) electrons. The molecule has 1 amide bonds. The Bertz CT molecular complexity index is 1180.